The van der Waals surface area contributed by atoms with Gasteiger partial charge >= 0.3 is 5.97 Å². The molecule has 6 heteroatoms. The van der Waals surface area contributed by atoms with Crippen LogP contribution in [-0.2, 0) is 6.61 Å². The molecule has 1 aromatic heterocycles. The largest absolute Gasteiger partial charge is 0.486 e. The van der Waals surface area contributed by atoms with Gasteiger partial charge in [0.05, 0.1) is 11.9 Å². The molecule has 2 aromatic carbocycles. The van der Waals surface area contributed by atoms with Crippen molar-refractivity contribution >= 4 is 17.9 Å². The lowest BCUT2D eigenvalue weighted by Crippen LogP contribution is -1.96. The van der Waals surface area contributed by atoms with Gasteiger partial charge in [-0.25, -0.2) is 4.79 Å². The van der Waals surface area contributed by atoms with Gasteiger partial charge in [-0.2, -0.15) is 5.10 Å². The van der Waals surface area contributed by atoms with Crippen molar-refractivity contribution in [1.82, 2.24) is 0 Å². The molecule has 0 spiro atoms. The number of nitrogens with zero attached hydrogens (tertiary/aromatic N) is 1. The Labute approximate surface area is 144 Å². The number of anilines is 1. The lowest BCUT2D eigenvalue weighted by atomic mass is 10.2. The summed E-state index contributed by atoms with van der Waals surface area (Å²) in [6.07, 6.45) is 1.69. The van der Waals surface area contributed by atoms with Crippen LogP contribution in [0.4, 0.5) is 5.69 Å². The fraction of sp³-hybridized carbons (Fsp3) is 0.0526. The van der Waals surface area contributed by atoms with Crippen molar-refractivity contribution in [3.8, 4) is 5.75 Å². The molecular weight excluding hydrogens is 320 g/mol. The number of para-hydroxylation sites is 1. The summed E-state index contributed by atoms with van der Waals surface area (Å²) in [6, 6.07) is 20.0. The fourth-order valence-electron chi connectivity index (χ4n) is 2.10. The molecule has 0 fully saturated rings. The van der Waals surface area contributed by atoms with Crippen LogP contribution in [0, 0.1) is 0 Å². The maximum absolute atomic E-state index is 10.8. The second-order valence-corrected chi connectivity index (χ2v) is 5.17. The van der Waals surface area contributed by atoms with Gasteiger partial charge in [-0.1, -0.05) is 30.3 Å². The predicted octanol–water partition coefficient (Wildman–Crippen LogP) is 4.00. The minimum absolute atomic E-state index is 0.105. The number of furan rings is 1. The van der Waals surface area contributed by atoms with Crippen molar-refractivity contribution in [2.45, 2.75) is 6.61 Å². The molecule has 0 saturated carbocycles. The lowest BCUT2D eigenvalue weighted by molar-refractivity contribution is 0.0658. The zero-order chi connectivity index (χ0) is 17.5. The second kappa shape index (κ2) is 7.83. The molecule has 3 rings (SSSR count). The third-order valence-corrected chi connectivity index (χ3v) is 3.29. The van der Waals surface area contributed by atoms with Crippen molar-refractivity contribution < 1.29 is 19.1 Å². The lowest BCUT2D eigenvalue weighted by Gasteiger charge is -2.05. The van der Waals surface area contributed by atoms with E-state index in [1.807, 2.05) is 54.6 Å². The summed E-state index contributed by atoms with van der Waals surface area (Å²) in [6.45, 7) is 0.149. The molecule has 0 aliphatic rings. The molecule has 2 N–H and O–H groups in total. The summed E-state index contributed by atoms with van der Waals surface area (Å²) in [4.78, 5) is 10.8. The van der Waals surface area contributed by atoms with Gasteiger partial charge in [-0.05, 0) is 42.0 Å². The van der Waals surface area contributed by atoms with Gasteiger partial charge in [0.1, 0.15) is 18.1 Å². The van der Waals surface area contributed by atoms with Gasteiger partial charge in [0.15, 0.2) is 0 Å². The van der Waals surface area contributed by atoms with Crippen molar-refractivity contribution in [3.05, 3.63) is 83.8 Å². The van der Waals surface area contributed by atoms with E-state index in [1.165, 1.54) is 6.07 Å². The maximum atomic E-state index is 10.8. The Morgan fingerprint density at radius 3 is 2.72 bits per heavy atom. The minimum atomic E-state index is -1.10. The Balaban J connectivity index is 1.58. The Bertz CT molecular complexity index is 872. The van der Waals surface area contributed by atoms with E-state index in [-0.39, 0.29) is 12.4 Å². The Kier molecular flexibility index (Phi) is 5.11. The molecule has 0 aliphatic carbocycles. The first-order valence-corrected chi connectivity index (χ1v) is 7.60. The molecule has 0 amide bonds. The van der Waals surface area contributed by atoms with Gasteiger partial charge in [-0.15, -0.1) is 0 Å². The van der Waals surface area contributed by atoms with Gasteiger partial charge in [0, 0.05) is 0 Å². The van der Waals surface area contributed by atoms with E-state index in [9.17, 15) is 4.79 Å². The van der Waals surface area contributed by atoms with E-state index >= 15 is 0 Å². The molecule has 0 unspecified atom stereocenters. The topological polar surface area (TPSA) is 84.1 Å². The zero-order valence-corrected chi connectivity index (χ0v) is 13.3. The van der Waals surface area contributed by atoms with Gasteiger partial charge in [0.2, 0.25) is 5.76 Å². The molecule has 0 saturated heterocycles. The van der Waals surface area contributed by atoms with E-state index in [1.54, 1.807) is 12.3 Å². The predicted molar refractivity (Wildman–Crippen MR) is 94.1 cm³/mol. The summed E-state index contributed by atoms with van der Waals surface area (Å²) in [7, 11) is 0. The number of ether oxygens (including phenoxy) is 1. The zero-order valence-electron chi connectivity index (χ0n) is 13.3. The monoisotopic (exact) mass is 336 g/mol. The Morgan fingerprint density at radius 2 is 1.96 bits per heavy atom. The third-order valence-electron chi connectivity index (χ3n) is 3.29. The molecule has 3 aromatic rings. The molecule has 6 nitrogen and oxygen atoms in total. The average molecular weight is 336 g/mol. The van der Waals surface area contributed by atoms with Crippen LogP contribution < -0.4 is 10.2 Å². The first-order chi connectivity index (χ1) is 12.2. The molecule has 0 aliphatic heterocycles. The van der Waals surface area contributed by atoms with Crippen LogP contribution in [-0.4, -0.2) is 17.3 Å². The van der Waals surface area contributed by atoms with Gasteiger partial charge < -0.3 is 14.3 Å². The van der Waals surface area contributed by atoms with E-state index in [0.29, 0.717) is 11.5 Å². The van der Waals surface area contributed by atoms with Crippen LogP contribution in [0.3, 0.4) is 0 Å². The minimum Gasteiger partial charge on any atom is -0.486 e. The normalized spacial score (nSPS) is 10.7. The molecule has 0 radical (unpaired) electrons. The van der Waals surface area contributed by atoms with Crippen molar-refractivity contribution in [2.75, 3.05) is 5.43 Å². The van der Waals surface area contributed by atoms with Crippen molar-refractivity contribution in [3.63, 3.8) is 0 Å². The highest BCUT2D eigenvalue weighted by atomic mass is 16.5. The molecule has 126 valence electrons. The third kappa shape index (κ3) is 4.71. The molecular formula is C19H16N2O4. The van der Waals surface area contributed by atoms with E-state index in [0.717, 1.165) is 11.3 Å². The second-order valence-electron chi connectivity index (χ2n) is 5.17. The molecule has 25 heavy (non-hydrogen) atoms. The standard InChI is InChI=1S/C19H16N2O4/c22-19(23)18-10-9-17(25-18)13-24-16-8-4-5-14(11-16)12-20-21-15-6-2-1-3-7-15/h1-12,21H,13H2,(H,22,23). The van der Waals surface area contributed by atoms with Crippen LogP contribution in [0.25, 0.3) is 0 Å². The first-order valence-electron chi connectivity index (χ1n) is 7.60. The SMILES string of the molecule is O=C(O)c1ccc(COc2cccc(C=NNc3ccccc3)c2)o1. The van der Waals surface area contributed by atoms with Gasteiger partial charge in [-0.3, -0.25) is 5.43 Å². The van der Waals surface area contributed by atoms with Crippen LogP contribution in [0.5, 0.6) is 5.75 Å². The van der Waals surface area contributed by atoms with Crippen LogP contribution in [0.1, 0.15) is 21.9 Å². The Hall–Kier alpha value is -3.54. The number of benzene rings is 2. The summed E-state index contributed by atoms with van der Waals surface area (Å²) in [5.74, 6) is -0.124. The number of carbonyl (C=O) groups is 1. The highest BCUT2D eigenvalue weighted by Crippen LogP contribution is 2.16. The van der Waals surface area contributed by atoms with Crippen molar-refractivity contribution in [1.29, 1.82) is 0 Å². The van der Waals surface area contributed by atoms with E-state index in [2.05, 4.69) is 10.5 Å². The number of hydrogen-bond acceptors (Lipinski definition) is 5. The average Bonchev–Trinajstić information content (AvgIpc) is 3.11. The number of carboxylic acids is 1. The summed E-state index contributed by atoms with van der Waals surface area (Å²) >= 11 is 0. The number of aromatic carboxylic acids is 1. The fourth-order valence-corrected chi connectivity index (χ4v) is 2.10. The highest BCUT2D eigenvalue weighted by Gasteiger charge is 2.09. The number of hydrazone groups is 1. The molecule has 0 bridgehead atoms. The summed E-state index contributed by atoms with van der Waals surface area (Å²) < 4.78 is 10.8. The van der Waals surface area contributed by atoms with Crippen LogP contribution >= 0.6 is 0 Å². The summed E-state index contributed by atoms with van der Waals surface area (Å²) in [5.41, 5.74) is 4.71. The van der Waals surface area contributed by atoms with Crippen LogP contribution in [0.15, 0.2) is 76.2 Å². The number of hydrogen-bond donors (Lipinski definition) is 2. The number of carboxylic acid groups (broad SMARTS) is 1. The van der Waals surface area contributed by atoms with E-state index in [4.69, 9.17) is 14.3 Å². The van der Waals surface area contributed by atoms with Gasteiger partial charge in [0.25, 0.3) is 0 Å². The summed E-state index contributed by atoms with van der Waals surface area (Å²) in [5, 5.41) is 13.0. The number of rotatable bonds is 7. The smallest absolute Gasteiger partial charge is 0.371 e. The number of nitrogens with one attached hydrogen (secondary N) is 1. The molecule has 1 heterocycles. The quantitative estimate of drug-likeness (QED) is 0.503. The molecule has 0 atom stereocenters. The van der Waals surface area contributed by atoms with Crippen LogP contribution in [0.2, 0.25) is 0 Å². The Morgan fingerprint density at radius 1 is 1.12 bits per heavy atom. The maximum Gasteiger partial charge on any atom is 0.371 e. The highest BCUT2D eigenvalue weighted by molar-refractivity contribution is 5.84. The van der Waals surface area contributed by atoms with Crippen molar-refractivity contribution in [2.24, 2.45) is 5.10 Å². The first kappa shape index (κ1) is 16.3. The van der Waals surface area contributed by atoms with E-state index < -0.39 is 5.97 Å².